The highest BCUT2D eigenvalue weighted by molar-refractivity contribution is 5.94. The third kappa shape index (κ3) is 3.48. The van der Waals surface area contributed by atoms with Gasteiger partial charge >= 0.3 is 0 Å². The van der Waals surface area contributed by atoms with Crippen molar-refractivity contribution in [2.75, 3.05) is 32.1 Å². The van der Waals surface area contributed by atoms with Gasteiger partial charge in [0.25, 0.3) is 5.91 Å². The smallest absolute Gasteiger partial charge is 0.254 e. The molecule has 1 aromatic carbocycles. The minimum absolute atomic E-state index is 0.0264. The number of nitrogens with one attached hydrogen (secondary N) is 1. The minimum Gasteiger partial charge on any atom is -0.373 e. The zero-order valence-corrected chi connectivity index (χ0v) is 13.3. The molecule has 2 heterocycles. The number of hydrogen-bond acceptors (Lipinski definition) is 5. The molecule has 1 aromatic heterocycles. The van der Waals surface area contributed by atoms with Crippen LogP contribution in [-0.2, 0) is 4.74 Å². The third-order valence-corrected chi connectivity index (χ3v) is 3.82. The molecule has 2 aromatic rings. The van der Waals surface area contributed by atoms with E-state index in [4.69, 9.17) is 4.74 Å². The van der Waals surface area contributed by atoms with Gasteiger partial charge in [-0.3, -0.25) is 4.79 Å². The van der Waals surface area contributed by atoms with Crippen molar-refractivity contribution in [2.45, 2.75) is 13.0 Å². The van der Waals surface area contributed by atoms with Crippen LogP contribution in [0.15, 0.2) is 36.4 Å². The summed E-state index contributed by atoms with van der Waals surface area (Å²) in [4.78, 5) is 23.2. The van der Waals surface area contributed by atoms with Crippen LogP contribution >= 0.6 is 0 Å². The molecule has 0 aliphatic carbocycles. The second-order valence-corrected chi connectivity index (χ2v) is 5.45. The number of aryl methyl sites for hydroxylation is 1. The summed E-state index contributed by atoms with van der Waals surface area (Å²) < 4.78 is 5.82. The van der Waals surface area contributed by atoms with Gasteiger partial charge < -0.3 is 15.0 Å². The summed E-state index contributed by atoms with van der Waals surface area (Å²) in [6.07, 6.45) is -0.231. The van der Waals surface area contributed by atoms with Gasteiger partial charge in [0.1, 0.15) is 17.7 Å². The first-order chi connectivity index (χ1) is 11.2. The normalized spacial score (nSPS) is 17.8. The Bertz CT molecular complexity index is 690. The topological polar surface area (TPSA) is 67.4 Å². The molecule has 1 N–H and O–H groups in total. The van der Waals surface area contributed by atoms with Gasteiger partial charge in [-0.1, -0.05) is 18.2 Å². The number of hydrogen-bond donors (Lipinski definition) is 1. The molecule has 6 nitrogen and oxygen atoms in total. The first kappa shape index (κ1) is 15.4. The Morgan fingerprint density at radius 3 is 2.83 bits per heavy atom. The van der Waals surface area contributed by atoms with Gasteiger partial charge in [0.05, 0.1) is 18.8 Å². The number of ether oxygens (including phenoxy) is 1. The number of nitrogens with zero attached hydrogens (tertiary/aromatic N) is 3. The first-order valence-electron chi connectivity index (χ1n) is 7.66. The standard InChI is InChI=1S/C17H20N4O2/c1-12-19-14(10-16(18-2)20-12)15-11-21(8-9-23-15)17(22)13-6-4-3-5-7-13/h3-7,10,15H,8-9,11H2,1-2H3,(H,18,19,20). The van der Waals surface area contributed by atoms with Crippen LogP contribution in [0.2, 0.25) is 0 Å². The van der Waals surface area contributed by atoms with E-state index in [2.05, 4.69) is 15.3 Å². The van der Waals surface area contributed by atoms with E-state index in [1.54, 1.807) is 0 Å². The molecule has 6 heteroatoms. The molecule has 23 heavy (non-hydrogen) atoms. The molecule has 0 bridgehead atoms. The van der Waals surface area contributed by atoms with Crippen molar-refractivity contribution in [2.24, 2.45) is 0 Å². The van der Waals surface area contributed by atoms with Crippen LogP contribution < -0.4 is 5.32 Å². The Balaban J connectivity index is 1.78. The van der Waals surface area contributed by atoms with Gasteiger partial charge in [-0.25, -0.2) is 9.97 Å². The fourth-order valence-corrected chi connectivity index (χ4v) is 2.66. The number of carbonyl (C=O) groups excluding carboxylic acids is 1. The Kier molecular flexibility index (Phi) is 4.52. The lowest BCUT2D eigenvalue weighted by Gasteiger charge is -2.33. The lowest BCUT2D eigenvalue weighted by Crippen LogP contribution is -2.42. The number of carbonyl (C=O) groups is 1. The van der Waals surface area contributed by atoms with E-state index < -0.39 is 0 Å². The highest BCUT2D eigenvalue weighted by atomic mass is 16.5. The van der Waals surface area contributed by atoms with E-state index in [-0.39, 0.29) is 12.0 Å². The third-order valence-electron chi connectivity index (χ3n) is 3.82. The maximum absolute atomic E-state index is 12.6. The number of amides is 1. The van der Waals surface area contributed by atoms with Crippen LogP contribution in [0.4, 0.5) is 5.82 Å². The fraction of sp³-hybridized carbons (Fsp3) is 0.353. The van der Waals surface area contributed by atoms with Gasteiger partial charge in [0.15, 0.2) is 0 Å². The Labute approximate surface area is 135 Å². The molecule has 0 saturated carbocycles. The average molecular weight is 312 g/mol. The van der Waals surface area contributed by atoms with Gasteiger partial charge in [0.2, 0.25) is 0 Å². The van der Waals surface area contributed by atoms with Crippen LogP contribution in [0.25, 0.3) is 0 Å². The summed E-state index contributed by atoms with van der Waals surface area (Å²) in [6, 6.07) is 11.2. The number of aromatic nitrogens is 2. The van der Waals surface area contributed by atoms with Crippen LogP contribution in [0.1, 0.15) is 28.0 Å². The summed E-state index contributed by atoms with van der Waals surface area (Å²) in [6.45, 7) is 3.43. The monoisotopic (exact) mass is 312 g/mol. The van der Waals surface area contributed by atoms with Crippen molar-refractivity contribution in [3.63, 3.8) is 0 Å². The fourth-order valence-electron chi connectivity index (χ4n) is 2.66. The highest BCUT2D eigenvalue weighted by Crippen LogP contribution is 2.23. The van der Waals surface area contributed by atoms with Crippen molar-refractivity contribution < 1.29 is 9.53 Å². The van der Waals surface area contributed by atoms with Crippen molar-refractivity contribution in [1.29, 1.82) is 0 Å². The predicted molar refractivity (Wildman–Crippen MR) is 87.4 cm³/mol. The highest BCUT2D eigenvalue weighted by Gasteiger charge is 2.27. The minimum atomic E-state index is -0.231. The molecule has 1 unspecified atom stereocenters. The summed E-state index contributed by atoms with van der Waals surface area (Å²) in [5, 5.41) is 3.02. The molecule has 1 atom stereocenters. The zero-order chi connectivity index (χ0) is 16.2. The Morgan fingerprint density at radius 1 is 1.30 bits per heavy atom. The summed E-state index contributed by atoms with van der Waals surface area (Å²) >= 11 is 0. The van der Waals surface area contributed by atoms with E-state index in [1.165, 1.54) is 0 Å². The SMILES string of the molecule is CNc1cc(C2CN(C(=O)c3ccccc3)CCO2)nc(C)n1. The molecule has 1 fully saturated rings. The molecule has 0 radical (unpaired) electrons. The average Bonchev–Trinajstić information content (AvgIpc) is 2.61. The molecule has 3 rings (SSSR count). The molecule has 0 spiro atoms. The van der Waals surface area contributed by atoms with Crippen molar-refractivity contribution in [1.82, 2.24) is 14.9 Å². The van der Waals surface area contributed by atoms with Gasteiger partial charge in [-0.05, 0) is 19.1 Å². The largest absolute Gasteiger partial charge is 0.373 e. The molecule has 1 saturated heterocycles. The number of anilines is 1. The van der Waals surface area contributed by atoms with Crippen molar-refractivity contribution in [3.05, 3.63) is 53.5 Å². The number of benzene rings is 1. The Hall–Kier alpha value is -2.47. The van der Waals surface area contributed by atoms with Gasteiger partial charge in [-0.15, -0.1) is 0 Å². The molecule has 1 amide bonds. The molecular weight excluding hydrogens is 292 g/mol. The van der Waals surface area contributed by atoms with Crippen LogP contribution in [0.3, 0.4) is 0 Å². The first-order valence-corrected chi connectivity index (χ1v) is 7.66. The lowest BCUT2D eigenvalue weighted by molar-refractivity contribution is -0.0248. The molecule has 1 aliphatic heterocycles. The summed E-state index contributed by atoms with van der Waals surface area (Å²) in [5.41, 5.74) is 1.50. The second kappa shape index (κ2) is 6.75. The van der Waals surface area contributed by atoms with Crippen LogP contribution in [-0.4, -0.2) is 47.5 Å². The summed E-state index contributed by atoms with van der Waals surface area (Å²) in [5.74, 6) is 1.46. The molecule has 120 valence electrons. The second-order valence-electron chi connectivity index (χ2n) is 5.45. The lowest BCUT2D eigenvalue weighted by atomic mass is 10.1. The quantitative estimate of drug-likeness (QED) is 0.939. The molecular formula is C17H20N4O2. The number of morpholine rings is 1. The van der Waals surface area contributed by atoms with Crippen molar-refractivity contribution in [3.8, 4) is 0 Å². The summed E-state index contributed by atoms with van der Waals surface area (Å²) in [7, 11) is 1.82. The maximum atomic E-state index is 12.6. The van der Waals surface area contributed by atoms with Gasteiger partial charge in [0, 0.05) is 25.2 Å². The van der Waals surface area contributed by atoms with E-state index in [0.29, 0.717) is 31.1 Å². The molecule has 1 aliphatic rings. The van der Waals surface area contributed by atoms with E-state index >= 15 is 0 Å². The van der Waals surface area contributed by atoms with E-state index in [9.17, 15) is 4.79 Å². The number of rotatable bonds is 3. The van der Waals surface area contributed by atoms with Crippen molar-refractivity contribution >= 4 is 11.7 Å². The zero-order valence-electron chi connectivity index (χ0n) is 13.3. The predicted octanol–water partition coefficient (Wildman–Crippen LogP) is 2.04. The van der Waals surface area contributed by atoms with Crippen LogP contribution in [0.5, 0.6) is 0 Å². The Morgan fingerprint density at radius 2 is 2.09 bits per heavy atom. The van der Waals surface area contributed by atoms with Gasteiger partial charge in [-0.2, -0.15) is 0 Å². The van der Waals surface area contributed by atoms with E-state index in [1.807, 2.05) is 55.3 Å². The maximum Gasteiger partial charge on any atom is 0.254 e. The van der Waals surface area contributed by atoms with E-state index in [0.717, 1.165) is 11.5 Å². The van der Waals surface area contributed by atoms with Crippen LogP contribution in [0, 0.1) is 6.92 Å².